The highest BCUT2D eigenvalue weighted by atomic mass is 19.1. The zero-order valence-electron chi connectivity index (χ0n) is 12.3. The standard InChI is InChI=1S/C13H18BFN2O3/c1-12(2)13(3,4)20-14(19-12)8-6-9(15)10(17-7-8)11(18)16-5/h6-7H,1-5H3,(H,16,18). The summed E-state index contributed by atoms with van der Waals surface area (Å²) in [5.41, 5.74) is -0.803. The first-order valence-corrected chi connectivity index (χ1v) is 6.41. The van der Waals surface area contributed by atoms with Crippen LogP contribution in [0.5, 0.6) is 0 Å². The van der Waals surface area contributed by atoms with Crippen LogP contribution >= 0.6 is 0 Å². The Morgan fingerprint density at radius 3 is 2.30 bits per heavy atom. The van der Waals surface area contributed by atoms with Crippen LogP contribution in [0, 0.1) is 5.82 Å². The van der Waals surface area contributed by atoms with Gasteiger partial charge in [0.1, 0.15) is 0 Å². The van der Waals surface area contributed by atoms with Crippen molar-refractivity contribution in [1.82, 2.24) is 10.3 Å². The van der Waals surface area contributed by atoms with Crippen LogP contribution in [0.25, 0.3) is 0 Å². The maximum Gasteiger partial charge on any atom is 0.496 e. The summed E-state index contributed by atoms with van der Waals surface area (Å²) in [6, 6.07) is 1.22. The lowest BCUT2D eigenvalue weighted by Gasteiger charge is -2.32. The van der Waals surface area contributed by atoms with E-state index in [1.165, 1.54) is 19.3 Å². The van der Waals surface area contributed by atoms with Gasteiger partial charge >= 0.3 is 7.12 Å². The monoisotopic (exact) mass is 280 g/mol. The Balaban J connectivity index is 2.28. The SMILES string of the molecule is CNC(=O)c1ncc(B2OC(C)(C)C(C)(C)O2)cc1F. The number of carbonyl (C=O) groups is 1. The lowest BCUT2D eigenvalue weighted by atomic mass is 9.80. The van der Waals surface area contributed by atoms with E-state index >= 15 is 0 Å². The topological polar surface area (TPSA) is 60.5 Å². The summed E-state index contributed by atoms with van der Waals surface area (Å²) in [4.78, 5) is 15.2. The highest BCUT2D eigenvalue weighted by Gasteiger charge is 2.51. The fraction of sp³-hybridized carbons (Fsp3) is 0.538. The number of pyridine rings is 1. The lowest BCUT2D eigenvalue weighted by molar-refractivity contribution is 0.00578. The van der Waals surface area contributed by atoms with Gasteiger partial charge in [-0.05, 0) is 33.8 Å². The Labute approximate surface area is 118 Å². The predicted molar refractivity (Wildman–Crippen MR) is 73.3 cm³/mol. The number of hydrogen-bond donors (Lipinski definition) is 1. The molecule has 1 aromatic rings. The first-order valence-electron chi connectivity index (χ1n) is 6.41. The third kappa shape index (κ3) is 2.43. The highest BCUT2D eigenvalue weighted by Crippen LogP contribution is 2.36. The van der Waals surface area contributed by atoms with Gasteiger partial charge in [-0.3, -0.25) is 4.79 Å². The number of amides is 1. The molecule has 0 atom stereocenters. The zero-order chi connectivity index (χ0) is 15.1. The molecule has 0 unspecified atom stereocenters. The number of aromatic nitrogens is 1. The minimum atomic E-state index is -0.698. The number of halogens is 1. The molecule has 1 amide bonds. The van der Waals surface area contributed by atoms with Crippen LogP contribution in [0.4, 0.5) is 4.39 Å². The van der Waals surface area contributed by atoms with Crippen molar-refractivity contribution < 1.29 is 18.5 Å². The smallest absolute Gasteiger partial charge is 0.399 e. The molecule has 5 nitrogen and oxygen atoms in total. The third-order valence-corrected chi connectivity index (χ3v) is 3.83. The maximum atomic E-state index is 13.9. The second kappa shape index (κ2) is 4.82. The molecule has 2 rings (SSSR count). The van der Waals surface area contributed by atoms with Crippen molar-refractivity contribution in [2.24, 2.45) is 0 Å². The molecule has 108 valence electrons. The summed E-state index contributed by atoms with van der Waals surface area (Å²) in [6.45, 7) is 7.65. The highest BCUT2D eigenvalue weighted by molar-refractivity contribution is 6.62. The molecule has 7 heteroatoms. The number of nitrogens with zero attached hydrogens (tertiary/aromatic N) is 1. The van der Waals surface area contributed by atoms with Gasteiger partial charge in [-0.25, -0.2) is 9.37 Å². The Kier molecular flexibility index (Phi) is 3.60. The molecule has 1 N–H and O–H groups in total. The van der Waals surface area contributed by atoms with E-state index in [9.17, 15) is 9.18 Å². The number of hydrogen-bond acceptors (Lipinski definition) is 4. The molecule has 0 bridgehead atoms. The van der Waals surface area contributed by atoms with Gasteiger partial charge in [-0.2, -0.15) is 0 Å². The molecule has 1 aliphatic rings. The molecule has 1 aliphatic heterocycles. The van der Waals surface area contributed by atoms with Crippen LogP contribution in [0.3, 0.4) is 0 Å². The van der Waals surface area contributed by atoms with Gasteiger partial charge in [0.05, 0.1) is 11.2 Å². The van der Waals surface area contributed by atoms with E-state index in [1.807, 2.05) is 27.7 Å². The molecule has 0 saturated carbocycles. The first-order chi connectivity index (χ1) is 9.18. The molecule has 0 aliphatic carbocycles. The summed E-state index contributed by atoms with van der Waals surface area (Å²) in [5.74, 6) is -1.26. The molecule has 2 heterocycles. The van der Waals surface area contributed by atoms with E-state index in [0.717, 1.165) is 0 Å². The summed E-state index contributed by atoms with van der Waals surface area (Å²) >= 11 is 0. The fourth-order valence-electron chi connectivity index (χ4n) is 1.85. The van der Waals surface area contributed by atoms with Crippen molar-refractivity contribution in [1.29, 1.82) is 0 Å². The lowest BCUT2D eigenvalue weighted by Crippen LogP contribution is -2.41. The molecule has 1 saturated heterocycles. The average Bonchev–Trinajstić information content (AvgIpc) is 2.57. The molecule has 0 spiro atoms. The molecule has 1 aromatic heterocycles. The van der Waals surface area contributed by atoms with Gasteiger partial charge in [0.25, 0.3) is 5.91 Å². The van der Waals surface area contributed by atoms with E-state index < -0.39 is 30.0 Å². The predicted octanol–water partition coefficient (Wildman–Crippen LogP) is 0.879. The van der Waals surface area contributed by atoms with Crippen LogP contribution in [0.15, 0.2) is 12.3 Å². The number of carbonyl (C=O) groups excluding carboxylic acids is 1. The van der Waals surface area contributed by atoms with Crippen molar-refractivity contribution in [3.63, 3.8) is 0 Å². The normalized spacial score (nSPS) is 20.0. The van der Waals surface area contributed by atoms with Crippen LogP contribution in [-0.4, -0.2) is 36.3 Å². The van der Waals surface area contributed by atoms with Gasteiger partial charge in [-0.15, -0.1) is 0 Å². The van der Waals surface area contributed by atoms with Crippen molar-refractivity contribution in [2.45, 2.75) is 38.9 Å². The molecule has 0 aromatic carbocycles. The molecular weight excluding hydrogens is 262 g/mol. The Morgan fingerprint density at radius 1 is 1.30 bits per heavy atom. The Hall–Kier alpha value is -1.47. The average molecular weight is 280 g/mol. The fourth-order valence-corrected chi connectivity index (χ4v) is 1.85. The van der Waals surface area contributed by atoms with Crippen molar-refractivity contribution >= 4 is 18.5 Å². The van der Waals surface area contributed by atoms with Gasteiger partial charge in [-0.1, -0.05) is 0 Å². The molecule has 20 heavy (non-hydrogen) atoms. The van der Waals surface area contributed by atoms with Crippen LogP contribution in [-0.2, 0) is 9.31 Å². The molecule has 1 fully saturated rings. The zero-order valence-corrected chi connectivity index (χ0v) is 12.3. The summed E-state index contributed by atoms with van der Waals surface area (Å²) in [6.07, 6.45) is 1.40. The third-order valence-electron chi connectivity index (χ3n) is 3.83. The minimum Gasteiger partial charge on any atom is -0.399 e. The van der Waals surface area contributed by atoms with E-state index in [-0.39, 0.29) is 5.69 Å². The Bertz CT molecular complexity index is 532. The van der Waals surface area contributed by atoms with Crippen molar-refractivity contribution in [2.75, 3.05) is 7.05 Å². The van der Waals surface area contributed by atoms with Crippen LogP contribution < -0.4 is 10.8 Å². The first kappa shape index (κ1) is 14.9. The van der Waals surface area contributed by atoms with Crippen LogP contribution in [0.2, 0.25) is 0 Å². The Morgan fingerprint density at radius 2 is 1.85 bits per heavy atom. The van der Waals surface area contributed by atoms with E-state index in [2.05, 4.69) is 10.3 Å². The molecular formula is C13H18BFN2O3. The minimum absolute atomic E-state index is 0.243. The van der Waals surface area contributed by atoms with Gasteiger partial charge in [0.2, 0.25) is 0 Å². The summed E-state index contributed by atoms with van der Waals surface area (Å²) < 4.78 is 25.5. The summed E-state index contributed by atoms with van der Waals surface area (Å²) in [7, 11) is 0.728. The number of nitrogens with one attached hydrogen (secondary N) is 1. The number of rotatable bonds is 2. The van der Waals surface area contributed by atoms with E-state index in [4.69, 9.17) is 9.31 Å². The van der Waals surface area contributed by atoms with E-state index in [1.54, 1.807) is 0 Å². The van der Waals surface area contributed by atoms with Crippen molar-refractivity contribution in [3.05, 3.63) is 23.8 Å². The van der Waals surface area contributed by atoms with Crippen LogP contribution in [0.1, 0.15) is 38.2 Å². The quantitative estimate of drug-likeness (QED) is 0.817. The summed E-state index contributed by atoms with van der Waals surface area (Å²) in [5, 5.41) is 2.33. The van der Waals surface area contributed by atoms with Gasteiger partial charge in [0, 0.05) is 18.7 Å². The second-order valence-electron chi connectivity index (χ2n) is 5.77. The van der Waals surface area contributed by atoms with E-state index in [0.29, 0.717) is 5.46 Å². The maximum absolute atomic E-state index is 13.9. The molecule has 0 radical (unpaired) electrons. The van der Waals surface area contributed by atoms with Crippen molar-refractivity contribution in [3.8, 4) is 0 Å². The second-order valence-corrected chi connectivity index (χ2v) is 5.77. The largest absolute Gasteiger partial charge is 0.496 e. The van der Waals surface area contributed by atoms with Gasteiger partial charge < -0.3 is 14.6 Å². The van der Waals surface area contributed by atoms with Gasteiger partial charge in [0.15, 0.2) is 11.5 Å².